The van der Waals surface area contributed by atoms with E-state index in [1.807, 2.05) is 0 Å². The number of carbonyl (C=O) groups is 2. The monoisotopic (exact) mass is 302 g/mol. The molecule has 112 valence electrons. The van der Waals surface area contributed by atoms with Gasteiger partial charge in [-0.25, -0.2) is 14.2 Å². The van der Waals surface area contributed by atoms with E-state index in [1.165, 1.54) is 17.0 Å². The number of halogens is 1. The van der Waals surface area contributed by atoms with Gasteiger partial charge in [-0.2, -0.15) is 0 Å². The average Bonchev–Trinajstić information content (AvgIpc) is 3.03. The van der Waals surface area contributed by atoms with Gasteiger partial charge in [-0.1, -0.05) is 0 Å². The second-order valence-electron chi connectivity index (χ2n) is 5.19. The number of imide groups is 1. The molecular formula is C14H11FN4O3. The lowest BCUT2D eigenvalue weighted by Gasteiger charge is -2.33. The van der Waals surface area contributed by atoms with Gasteiger partial charge in [-0.05, 0) is 24.3 Å². The molecule has 0 saturated carbocycles. The molecule has 7 nitrogen and oxygen atoms in total. The summed E-state index contributed by atoms with van der Waals surface area (Å²) < 4.78 is 18.6. The van der Waals surface area contributed by atoms with Crippen molar-refractivity contribution in [2.75, 3.05) is 7.05 Å². The number of nitrogens with zero attached hydrogens (tertiary/aromatic N) is 3. The Hall–Kier alpha value is -2.90. The Morgan fingerprint density at radius 1 is 1.27 bits per heavy atom. The second-order valence-corrected chi connectivity index (χ2v) is 5.19. The number of benzene rings is 1. The van der Waals surface area contributed by atoms with Gasteiger partial charge in [0.1, 0.15) is 5.82 Å². The van der Waals surface area contributed by atoms with Crippen LogP contribution in [0.15, 0.2) is 35.5 Å². The summed E-state index contributed by atoms with van der Waals surface area (Å²) in [5.74, 6) is -0.288. The molecule has 3 aliphatic heterocycles. The van der Waals surface area contributed by atoms with E-state index in [2.05, 4.69) is 10.3 Å². The number of nitrogens with one attached hydrogen (secondary N) is 1. The minimum absolute atomic E-state index is 0.256. The van der Waals surface area contributed by atoms with Crippen LogP contribution in [0.5, 0.6) is 0 Å². The number of carbonyl (C=O) groups excluding carboxylic acids is 2. The average molecular weight is 302 g/mol. The summed E-state index contributed by atoms with van der Waals surface area (Å²) in [6.07, 6.45) is 1.03. The third-order valence-electron chi connectivity index (χ3n) is 3.85. The Labute approximate surface area is 124 Å². The number of urea groups is 1. The molecule has 8 heteroatoms. The van der Waals surface area contributed by atoms with E-state index in [0.717, 1.165) is 0 Å². The number of fused-ring (bicyclic) bond motifs is 3. The number of amidine groups is 1. The molecule has 1 aromatic carbocycles. The Balaban J connectivity index is 1.66. The van der Waals surface area contributed by atoms with Crippen molar-refractivity contribution >= 4 is 23.7 Å². The topological polar surface area (TPSA) is 74.2 Å². The van der Waals surface area contributed by atoms with Gasteiger partial charge in [0, 0.05) is 12.6 Å². The maximum absolute atomic E-state index is 13.0. The third-order valence-corrected chi connectivity index (χ3v) is 3.85. The van der Waals surface area contributed by atoms with E-state index in [-0.39, 0.29) is 11.8 Å². The number of rotatable bonds is 1. The van der Waals surface area contributed by atoms with E-state index >= 15 is 0 Å². The minimum Gasteiger partial charge on any atom is -0.423 e. The molecule has 1 N–H and O–H groups in total. The van der Waals surface area contributed by atoms with Gasteiger partial charge < -0.3 is 9.64 Å². The van der Waals surface area contributed by atoms with E-state index in [1.54, 1.807) is 30.3 Å². The first-order valence-corrected chi connectivity index (χ1v) is 6.64. The van der Waals surface area contributed by atoms with Gasteiger partial charge in [0.05, 0.1) is 6.20 Å². The predicted molar refractivity (Wildman–Crippen MR) is 73.6 cm³/mol. The summed E-state index contributed by atoms with van der Waals surface area (Å²) in [5, 5.41) is 2.27. The van der Waals surface area contributed by atoms with Crippen molar-refractivity contribution in [3.05, 3.63) is 41.8 Å². The molecule has 1 fully saturated rings. The first-order valence-electron chi connectivity index (χ1n) is 6.64. The summed E-state index contributed by atoms with van der Waals surface area (Å²) in [6, 6.07) is 4.93. The van der Waals surface area contributed by atoms with Gasteiger partial charge in [0.2, 0.25) is 0 Å². The molecule has 2 unspecified atom stereocenters. The van der Waals surface area contributed by atoms with E-state index in [4.69, 9.17) is 4.74 Å². The zero-order chi connectivity index (χ0) is 15.4. The molecule has 1 aromatic rings. The predicted octanol–water partition coefficient (Wildman–Crippen LogP) is 0.702. The molecular weight excluding hydrogens is 291 g/mol. The Bertz CT molecular complexity index is 743. The second kappa shape index (κ2) is 4.30. The van der Waals surface area contributed by atoms with Crippen LogP contribution in [0, 0.1) is 5.82 Å². The highest BCUT2D eigenvalue weighted by Gasteiger charge is 2.51. The van der Waals surface area contributed by atoms with E-state index in [9.17, 15) is 14.0 Å². The summed E-state index contributed by atoms with van der Waals surface area (Å²) in [5.41, 5.74) is 0.677. The van der Waals surface area contributed by atoms with E-state index in [0.29, 0.717) is 11.3 Å². The molecule has 0 radical (unpaired) electrons. The molecule has 4 rings (SSSR count). The van der Waals surface area contributed by atoms with Gasteiger partial charge in [-0.3, -0.25) is 15.0 Å². The molecule has 0 bridgehead atoms. The first-order chi connectivity index (χ1) is 10.5. The number of aliphatic imine (C=N–C) groups is 1. The Kier molecular flexibility index (Phi) is 2.50. The fourth-order valence-electron chi connectivity index (χ4n) is 2.67. The van der Waals surface area contributed by atoms with Gasteiger partial charge in [-0.15, -0.1) is 0 Å². The van der Waals surface area contributed by atoms with Crippen LogP contribution in [-0.2, 0) is 9.53 Å². The number of hydrogen-bond donors (Lipinski definition) is 1. The highest BCUT2D eigenvalue weighted by Crippen LogP contribution is 2.33. The molecule has 22 heavy (non-hydrogen) atoms. The van der Waals surface area contributed by atoms with Crippen LogP contribution >= 0.6 is 0 Å². The van der Waals surface area contributed by atoms with Crippen molar-refractivity contribution < 1.29 is 18.7 Å². The summed E-state index contributed by atoms with van der Waals surface area (Å²) in [7, 11) is 1.57. The molecule has 0 aromatic heterocycles. The molecule has 3 aliphatic rings. The van der Waals surface area contributed by atoms with Crippen LogP contribution in [0.3, 0.4) is 0 Å². The normalized spacial score (nSPS) is 26.1. The van der Waals surface area contributed by atoms with Crippen LogP contribution in [0.2, 0.25) is 0 Å². The fraction of sp³-hybridized carbons (Fsp3) is 0.214. The summed E-state index contributed by atoms with van der Waals surface area (Å²) >= 11 is 0. The zero-order valence-electron chi connectivity index (χ0n) is 11.5. The lowest BCUT2D eigenvalue weighted by molar-refractivity contribution is -0.126. The van der Waals surface area contributed by atoms with Crippen molar-refractivity contribution in [2.45, 2.75) is 12.2 Å². The number of ether oxygens (including phenoxy) is 1. The third kappa shape index (κ3) is 1.70. The summed E-state index contributed by atoms with van der Waals surface area (Å²) in [6.45, 7) is 0. The highest BCUT2D eigenvalue weighted by atomic mass is 19.1. The van der Waals surface area contributed by atoms with Gasteiger partial charge >= 0.3 is 6.03 Å². The molecule has 1 saturated heterocycles. The van der Waals surface area contributed by atoms with Gasteiger partial charge in [0.25, 0.3) is 11.9 Å². The number of amides is 3. The standard InChI is InChI=1S/C14H11FN4O3/c1-18-11-10(12(20)17-13(18)21)19-6-9(22-14(19)16-11)7-2-4-8(15)5-3-7/h2-6,10-11H,1H3,(H,17,20,21). The van der Waals surface area contributed by atoms with Gasteiger partial charge in [0.15, 0.2) is 18.0 Å². The van der Waals surface area contributed by atoms with Crippen molar-refractivity contribution in [3.63, 3.8) is 0 Å². The maximum atomic E-state index is 13.0. The first kappa shape index (κ1) is 12.8. The maximum Gasteiger partial charge on any atom is 0.325 e. The fourth-order valence-corrected chi connectivity index (χ4v) is 2.67. The lowest BCUT2D eigenvalue weighted by atomic mass is 10.1. The largest absolute Gasteiger partial charge is 0.423 e. The zero-order valence-corrected chi connectivity index (χ0v) is 11.5. The summed E-state index contributed by atoms with van der Waals surface area (Å²) in [4.78, 5) is 30.9. The van der Waals surface area contributed by atoms with Crippen LogP contribution in [0.25, 0.3) is 5.76 Å². The Morgan fingerprint density at radius 3 is 2.73 bits per heavy atom. The number of likely N-dealkylation sites (N-methyl/N-ethyl adjacent to an activating group) is 1. The Morgan fingerprint density at radius 2 is 2.00 bits per heavy atom. The van der Waals surface area contributed by atoms with Crippen LogP contribution in [0.1, 0.15) is 5.56 Å². The molecule has 3 amide bonds. The van der Waals surface area contributed by atoms with Crippen LogP contribution < -0.4 is 5.32 Å². The molecule has 2 atom stereocenters. The van der Waals surface area contributed by atoms with Crippen LogP contribution in [-0.4, -0.2) is 47.0 Å². The molecule has 0 spiro atoms. The van der Waals surface area contributed by atoms with Crippen molar-refractivity contribution in [3.8, 4) is 0 Å². The quantitative estimate of drug-likeness (QED) is 0.829. The van der Waals surface area contributed by atoms with Crippen molar-refractivity contribution in [1.29, 1.82) is 0 Å². The SMILES string of the molecule is CN1C(=O)NC(=O)C2C1N=C1OC(c3ccc(F)cc3)=CN12. The highest BCUT2D eigenvalue weighted by molar-refractivity contribution is 6.04. The molecule has 3 heterocycles. The smallest absolute Gasteiger partial charge is 0.325 e. The molecule has 0 aliphatic carbocycles. The lowest BCUT2D eigenvalue weighted by Crippen LogP contribution is -2.62. The minimum atomic E-state index is -0.657. The van der Waals surface area contributed by atoms with Crippen LogP contribution in [0.4, 0.5) is 9.18 Å². The van der Waals surface area contributed by atoms with Crippen molar-refractivity contribution in [1.82, 2.24) is 15.1 Å². The van der Waals surface area contributed by atoms with E-state index < -0.39 is 24.1 Å². The number of hydrogen-bond acceptors (Lipinski definition) is 5. The van der Waals surface area contributed by atoms with Crippen molar-refractivity contribution in [2.24, 2.45) is 4.99 Å².